The smallest absolute Gasteiger partial charge is 0.317 e. The zero-order valence-corrected chi connectivity index (χ0v) is 11.8. The molecule has 0 aromatic heterocycles. The lowest BCUT2D eigenvalue weighted by molar-refractivity contribution is 0.288. The van der Waals surface area contributed by atoms with E-state index in [2.05, 4.69) is 21.4 Å². The van der Waals surface area contributed by atoms with Crippen LogP contribution in [0.5, 0.6) is 11.5 Å². The normalized spacial score (nSPS) is 10.1. The fourth-order valence-electron chi connectivity index (χ4n) is 1.000. The Hall–Kier alpha value is -0.650. The molecule has 17 heavy (non-hydrogen) atoms. The van der Waals surface area contributed by atoms with Crippen LogP contribution in [0, 0.1) is 0 Å². The SMILES string of the molecule is CCOc1ccccc1OCC.O=S(=O)(Cl)Cl. The molecule has 98 valence electrons. The van der Waals surface area contributed by atoms with Crippen LogP contribution in [0.25, 0.3) is 0 Å². The van der Waals surface area contributed by atoms with Gasteiger partial charge in [0.15, 0.2) is 11.5 Å². The van der Waals surface area contributed by atoms with E-state index in [0.717, 1.165) is 11.5 Å². The van der Waals surface area contributed by atoms with Gasteiger partial charge in [-0.1, -0.05) is 12.1 Å². The van der Waals surface area contributed by atoms with Gasteiger partial charge in [0.1, 0.15) is 0 Å². The Morgan fingerprint density at radius 2 is 1.29 bits per heavy atom. The highest BCUT2D eigenvalue weighted by molar-refractivity contribution is 8.31. The van der Waals surface area contributed by atoms with Crippen molar-refractivity contribution in [2.75, 3.05) is 13.2 Å². The Balaban J connectivity index is 0.000000437. The molecule has 0 N–H and O–H groups in total. The lowest BCUT2D eigenvalue weighted by atomic mass is 10.3. The van der Waals surface area contributed by atoms with Gasteiger partial charge in [-0.3, -0.25) is 0 Å². The first-order valence-corrected chi connectivity index (χ1v) is 8.00. The molecule has 0 spiro atoms. The van der Waals surface area contributed by atoms with Gasteiger partial charge in [-0.25, -0.2) is 0 Å². The van der Waals surface area contributed by atoms with Crippen LogP contribution >= 0.6 is 21.4 Å². The maximum Gasteiger partial charge on any atom is 0.317 e. The molecular formula is C10H14Cl2O4S. The number of para-hydroxylation sites is 2. The number of ether oxygens (including phenoxy) is 2. The molecule has 0 radical (unpaired) electrons. The maximum atomic E-state index is 9.16. The van der Waals surface area contributed by atoms with E-state index in [1.807, 2.05) is 38.1 Å². The van der Waals surface area contributed by atoms with Crippen LogP contribution < -0.4 is 9.47 Å². The zero-order chi connectivity index (χ0) is 13.3. The highest BCUT2D eigenvalue weighted by atomic mass is 36.0. The lowest BCUT2D eigenvalue weighted by Crippen LogP contribution is -1.97. The van der Waals surface area contributed by atoms with Crippen molar-refractivity contribution in [3.05, 3.63) is 24.3 Å². The second kappa shape index (κ2) is 8.44. The molecule has 1 aromatic rings. The average molecular weight is 301 g/mol. The van der Waals surface area contributed by atoms with Crippen molar-refractivity contribution in [2.45, 2.75) is 13.8 Å². The third-order valence-corrected chi connectivity index (χ3v) is 1.45. The molecular weight excluding hydrogens is 287 g/mol. The van der Waals surface area contributed by atoms with E-state index in [-0.39, 0.29) is 0 Å². The number of rotatable bonds is 4. The summed E-state index contributed by atoms with van der Waals surface area (Å²) in [6.07, 6.45) is 0. The standard InChI is InChI=1S/C10H14O2.Cl2O2S/c1-3-11-9-7-5-6-8-10(9)12-4-2;1-5(2,3)4/h5-8H,3-4H2,1-2H3;. The summed E-state index contributed by atoms with van der Waals surface area (Å²) >= 11 is 0. The van der Waals surface area contributed by atoms with Crippen LogP contribution in [-0.4, -0.2) is 21.6 Å². The molecule has 0 aliphatic rings. The molecule has 0 saturated carbocycles. The molecule has 7 heteroatoms. The molecule has 0 unspecified atom stereocenters. The van der Waals surface area contributed by atoms with Crippen molar-refractivity contribution < 1.29 is 17.9 Å². The Morgan fingerprint density at radius 3 is 1.53 bits per heavy atom. The zero-order valence-electron chi connectivity index (χ0n) is 9.52. The summed E-state index contributed by atoms with van der Waals surface area (Å²) in [5, 5.41) is 0. The van der Waals surface area contributed by atoms with Crippen molar-refractivity contribution in [3.8, 4) is 11.5 Å². The van der Waals surface area contributed by atoms with Crippen LogP contribution in [0.15, 0.2) is 24.3 Å². The van der Waals surface area contributed by atoms with Gasteiger partial charge >= 0.3 is 8.26 Å². The van der Waals surface area contributed by atoms with E-state index < -0.39 is 8.26 Å². The Labute approximate surface area is 110 Å². The van der Waals surface area contributed by atoms with E-state index in [1.165, 1.54) is 0 Å². The summed E-state index contributed by atoms with van der Waals surface area (Å²) in [4.78, 5) is 0. The van der Waals surface area contributed by atoms with Gasteiger partial charge in [-0.15, -0.1) is 0 Å². The quantitative estimate of drug-likeness (QED) is 0.801. The summed E-state index contributed by atoms with van der Waals surface area (Å²) < 4.78 is 29.1. The predicted octanol–water partition coefficient (Wildman–Crippen LogP) is 3.19. The second-order valence-corrected chi connectivity index (χ2v) is 6.36. The van der Waals surface area contributed by atoms with Gasteiger partial charge in [-0.2, -0.15) is 8.42 Å². The number of benzene rings is 1. The topological polar surface area (TPSA) is 52.6 Å². The highest BCUT2D eigenvalue weighted by Gasteiger charge is 2.00. The molecule has 0 saturated heterocycles. The van der Waals surface area contributed by atoms with E-state index in [9.17, 15) is 0 Å². The van der Waals surface area contributed by atoms with Crippen molar-refractivity contribution in [1.29, 1.82) is 0 Å². The molecule has 1 aromatic carbocycles. The minimum atomic E-state index is -3.72. The fourth-order valence-corrected chi connectivity index (χ4v) is 1.000. The van der Waals surface area contributed by atoms with Crippen molar-refractivity contribution in [1.82, 2.24) is 0 Å². The fraction of sp³-hybridized carbons (Fsp3) is 0.400. The summed E-state index contributed by atoms with van der Waals surface area (Å²) in [5.74, 6) is 1.64. The first-order valence-electron chi connectivity index (χ1n) is 4.87. The Kier molecular flexibility index (Phi) is 8.12. The molecule has 0 fully saturated rings. The summed E-state index contributed by atoms with van der Waals surface area (Å²) in [5.41, 5.74) is 0. The van der Waals surface area contributed by atoms with Crippen LogP contribution in [0.2, 0.25) is 0 Å². The average Bonchev–Trinajstić information content (AvgIpc) is 2.19. The van der Waals surface area contributed by atoms with Gasteiger partial charge in [0.2, 0.25) is 0 Å². The van der Waals surface area contributed by atoms with Crippen LogP contribution in [0.3, 0.4) is 0 Å². The van der Waals surface area contributed by atoms with Gasteiger partial charge in [0.05, 0.1) is 13.2 Å². The van der Waals surface area contributed by atoms with Crippen LogP contribution in [-0.2, 0) is 8.26 Å². The molecule has 0 heterocycles. The summed E-state index contributed by atoms with van der Waals surface area (Å²) in [7, 11) is 4.81. The van der Waals surface area contributed by atoms with Crippen molar-refractivity contribution in [2.24, 2.45) is 0 Å². The largest absolute Gasteiger partial charge is 0.490 e. The van der Waals surface area contributed by atoms with E-state index in [1.54, 1.807) is 0 Å². The molecule has 0 aliphatic heterocycles. The summed E-state index contributed by atoms with van der Waals surface area (Å²) in [6.45, 7) is 5.26. The highest BCUT2D eigenvalue weighted by Crippen LogP contribution is 2.25. The molecule has 0 bridgehead atoms. The molecule has 4 nitrogen and oxygen atoms in total. The predicted molar refractivity (Wildman–Crippen MR) is 69.4 cm³/mol. The Morgan fingerprint density at radius 1 is 1.00 bits per heavy atom. The molecule has 0 amide bonds. The van der Waals surface area contributed by atoms with Gasteiger partial charge in [0.25, 0.3) is 0 Å². The lowest BCUT2D eigenvalue weighted by Gasteiger charge is -2.09. The van der Waals surface area contributed by atoms with Crippen LogP contribution in [0.1, 0.15) is 13.8 Å². The van der Waals surface area contributed by atoms with Gasteiger partial charge in [-0.05, 0) is 26.0 Å². The number of hydrogen-bond acceptors (Lipinski definition) is 4. The van der Waals surface area contributed by atoms with Gasteiger partial charge in [0, 0.05) is 21.4 Å². The van der Waals surface area contributed by atoms with Crippen LogP contribution in [0.4, 0.5) is 0 Å². The second-order valence-electron chi connectivity index (χ2n) is 2.69. The van der Waals surface area contributed by atoms with Gasteiger partial charge < -0.3 is 9.47 Å². The first kappa shape index (κ1) is 16.4. The number of halogens is 2. The Bertz CT molecular complexity index is 387. The van der Waals surface area contributed by atoms with Crippen molar-refractivity contribution in [3.63, 3.8) is 0 Å². The number of hydrogen-bond donors (Lipinski definition) is 0. The molecule has 0 atom stereocenters. The maximum absolute atomic E-state index is 9.16. The summed E-state index contributed by atoms with van der Waals surface area (Å²) in [6, 6.07) is 7.70. The molecule has 1 rings (SSSR count). The third kappa shape index (κ3) is 10.2. The van der Waals surface area contributed by atoms with E-state index in [4.69, 9.17) is 17.9 Å². The third-order valence-electron chi connectivity index (χ3n) is 1.45. The van der Waals surface area contributed by atoms with E-state index >= 15 is 0 Å². The monoisotopic (exact) mass is 300 g/mol. The molecule has 0 aliphatic carbocycles. The minimum Gasteiger partial charge on any atom is -0.490 e. The first-order chi connectivity index (χ1) is 7.88. The minimum absolute atomic E-state index is 0.671. The van der Waals surface area contributed by atoms with E-state index in [0.29, 0.717) is 13.2 Å². The van der Waals surface area contributed by atoms with Crippen molar-refractivity contribution >= 4 is 29.6 Å².